The molecule has 15 heteroatoms. The predicted molar refractivity (Wildman–Crippen MR) is 169 cm³/mol. The van der Waals surface area contributed by atoms with Gasteiger partial charge in [-0.2, -0.15) is 0 Å². The normalized spacial score (nSPS) is 13.7. The highest BCUT2D eigenvalue weighted by atomic mass is 35.5. The summed E-state index contributed by atoms with van der Waals surface area (Å²) in [7, 11) is 0. The van der Waals surface area contributed by atoms with Gasteiger partial charge < -0.3 is 9.57 Å². The predicted octanol–water partition coefficient (Wildman–Crippen LogP) is 5.31. The van der Waals surface area contributed by atoms with Crippen molar-refractivity contribution in [2.75, 3.05) is 11.2 Å². The summed E-state index contributed by atoms with van der Waals surface area (Å²) in [6.45, 7) is 3.63. The van der Waals surface area contributed by atoms with Crippen LogP contribution in [0.4, 0.5) is 0 Å². The number of nitrogens with one attached hydrogen (secondary N) is 2. The lowest BCUT2D eigenvalue weighted by molar-refractivity contribution is -0.115. The Hall–Kier alpha value is -4.17. The van der Waals surface area contributed by atoms with E-state index in [-0.39, 0.29) is 24.5 Å². The molecule has 0 bridgehead atoms. The summed E-state index contributed by atoms with van der Waals surface area (Å²) in [5.41, 5.74) is 7.66. The first-order chi connectivity index (χ1) is 21.3. The van der Waals surface area contributed by atoms with Crippen molar-refractivity contribution in [3.8, 4) is 5.75 Å². The number of halogens is 2. The number of carbonyl (C=O) groups excluding carboxylic acids is 2. The van der Waals surface area contributed by atoms with Crippen molar-refractivity contribution >= 4 is 52.5 Å². The number of pyridine rings is 1. The summed E-state index contributed by atoms with van der Waals surface area (Å²) in [5.74, 6) is 6.33. The summed E-state index contributed by atoms with van der Waals surface area (Å²) in [4.78, 5) is 31.9. The first-order valence-electron chi connectivity index (χ1n) is 13.5. The Morgan fingerprint density at radius 2 is 1.91 bits per heavy atom. The standard InChI is InChI=1S/C23H23Cl2N5O3S.C6H7N3O/c1-3-10-34-23-27-26-22(30(23)28-14(2)31)13-32-20-7-5-4-6-17(20)19-12-21(33-29-19)16-9-8-15(24)11-18(16)25;7-9-6(10)5-1-3-8-4-2-5/h4-9,11,21H,3,10,12-13H2,1-2H3,(H,28,31);1-4H,7H2,(H,9,10). The SMILES string of the molecule is CCCSc1nnc(COc2ccccc2C2=NOC(c3ccc(Cl)cc3Cl)C2)n1NC(C)=O.NNC(=O)c1ccncc1. The fraction of sp³-hybridized carbons (Fsp3) is 0.241. The zero-order valence-electron chi connectivity index (χ0n) is 23.9. The van der Waals surface area contributed by atoms with Crippen LogP contribution in [0, 0.1) is 0 Å². The number of carbonyl (C=O) groups is 2. The van der Waals surface area contributed by atoms with Gasteiger partial charge in [-0.25, -0.2) is 10.5 Å². The van der Waals surface area contributed by atoms with Gasteiger partial charge >= 0.3 is 0 Å². The molecule has 2 amide bonds. The lowest BCUT2D eigenvalue weighted by Gasteiger charge is -2.13. The van der Waals surface area contributed by atoms with E-state index in [0.29, 0.717) is 38.8 Å². The van der Waals surface area contributed by atoms with Crippen LogP contribution in [0.5, 0.6) is 5.75 Å². The zero-order chi connectivity index (χ0) is 31.5. The molecule has 0 aliphatic carbocycles. The highest BCUT2D eigenvalue weighted by Gasteiger charge is 2.27. The minimum atomic E-state index is -0.311. The fourth-order valence-corrected chi connectivity index (χ4v) is 5.27. The molecule has 1 aliphatic rings. The van der Waals surface area contributed by atoms with E-state index >= 15 is 0 Å². The molecule has 12 nitrogen and oxygen atoms in total. The third kappa shape index (κ3) is 8.69. The third-order valence-corrected chi connectivity index (χ3v) is 7.71. The molecule has 5 rings (SSSR count). The summed E-state index contributed by atoms with van der Waals surface area (Å²) in [6, 6.07) is 16.0. The van der Waals surface area contributed by atoms with E-state index in [1.54, 1.807) is 28.9 Å². The second-order valence-electron chi connectivity index (χ2n) is 9.25. The lowest BCUT2D eigenvalue weighted by atomic mass is 9.99. The van der Waals surface area contributed by atoms with Crippen LogP contribution >= 0.6 is 35.0 Å². The highest BCUT2D eigenvalue weighted by molar-refractivity contribution is 7.99. The van der Waals surface area contributed by atoms with Gasteiger partial charge in [0.25, 0.3) is 5.91 Å². The molecule has 2 aromatic carbocycles. The lowest BCUT2D eigenvalue weighted by Crippen LogP contribution is -2.29. The number of amides is 2. The van der Waals surface area contributed by atoms with Crippen molar-refractivity contribution in [3.05, 3.63) is 99.6 Å². The molecule has 0 spiro atoms. The van der Waals surface area contributed by atoms with Crippen molar-refractivity contribution in [1.29, 1.82) is 0 Å². The molecule has 4 N–H and O–H groups in total. The molecule has 4 aromatic rings. The van der Waals surface area contributed by atoms with Crippen molar-refractivity contribution < 1.29 is 19.2 Å². The number of thioether (sulfide) groups is 1. The smallest absolute Gasteiger partial charge is 0.265 e. The number of hydrogen-bond acceptors (Lipinski definition) is 10. The van der Waals surface area contributed by atoms with Crippen molar-refractivity contribution in [1.82, 2.24) is 25.3 Å². The maximum atomic E-state index is 11.7. The number of nitrogens with zero attached hydrogens (tertiary/aromatic N) is 5. The Balaban J connectivity index is 0.000000375. The van der Waals surface area contributed by atoms with Gasteiger partial charge in [0.2, 0.25) is 11.1 Å². The van der Waals surface area contributed by atoms with Crippen LogP contribution < -0.4 is 21.4 Å². The van der Waals surface area contributed by atoms with Crippen molar-refractivity contribution in [2.24, 2.45) is 11.0 Å². The molecule has 0 saturated heterocycles. The molecule has 1 aliphatic heterocycles. The number of aromatic nitrogens is 4. The van der Waals surface area contributed by atoms with Crippen LogP contribution in [0.3, 0.4) is 0 Å². The van der Waals surface area contributed by atoms with E-state index in [2.05, 4.69) is 32.7 Å². The summed E-state index contributed by atoms with van der Waals surface area (Å²) in [6.07, 6.45) is 4.26. The van der Waals surface area contributed by atoms with Crippen LogP contribution in [0.2, 0.25) is 10.0 Å². The number of oxime groups is 1. The highest BCUT2D eigenvalue weighted by Crippen LogP contribution is 2.36. The molecule has 0 radical (unpaired) electrons. The van der Waals surface area contributed by atoms with Crippen molar-refractivity contribution in [3.63, 3.8) is 0 Å². The number of benzene rings is 2. The van der Waals surface area contributed by atoms with Gasteiger partial charge in [0.15, 0.2) is 11.9 Å². The molecule has 0 saturated carbocycles. The minimum Gasteiger partial charge on any atom is -0.485 e. The molecule has 44 heavy (non-hydrogen) atoms. The molecule has 2 aromatic heterocycles. The number of nitrogens with two attached hydrogens (primary N) is 1. The number of hydrogen-bond donors (Lipinski definition) is 3. The van der Waals surface area contributed by atoms with Crippen LogP contribution in [0.25, 0.3) is 0 Å². The van der Waals surface area contributed by atoms with Crippen molar-refractivity contribution in [2.45, 2.75) is 44.6 Å². The summed E-state index contributed by atoms with van der Waals surface area (Å²) >= 11 is 13.9. The number of ether oxygens (including phenoxy) is 1. The molecule has 230 valence electrons. The first-order valence-corrected chi connectivity index (χ1v) is 15.2. The Labute approximate surface area is 268 Å². The number of rotatable bonds is 10. The van der Waals surface area contributed by atoms with Crippen LogP contribution in [-0.4, -0.2) is 43.1 Å². The average Bonchev–Trinajstić information content (AvgIpc) is 3.66. The molecule has 1 unspecified atom stereocenters. The Morgan fingerprint density at radius 3 is 2.61 bits per heavy atom. The van der Waals surface area contributed by atoms with Crippen LogP contribution in [-0.2, 0) is 16.2 Å². The Kier molecular flexibility index (Phi) is 11.9. The maximum Gasteiger partial charge on any atom is 0.265 e. The Morgan fingerprint density at radius 1 is 1.14 bits per heavy atom. The number of hydrazine groups is 1. The minimum absolute atomic E-state index is 0.109. The molecule has 1 atom stereocenters. The summed E-state index contributed by atoms with van der Waals surface area (Å²) < 4.78 is 7.66. The second-order valence-corrected chi connectivity index (χ2v) is 11.2. The maximum absolute atomic E-state index is 11.7. The van der Waals surface area contributed by atoms with Gasteiger partial charge in [0, 0.05) is 58.2 Å². The molecule has 3 heterocycles. The van der Waals surface area contributed by atoms with Gasteiger partial charge in [-0.15, -0.1) is 10.2 Å². The first kappa shape index (κ1) is 32.7. The van der Waals surface area contributed by atoms with Gasteiger partial charge in [-0.05, 0) is 42.8 Å². The molecular weight excluding hydrogens is 627 g/mol. The monoisotopic (exact) mass is 656 g/mol. The van der Waals surface area contributed by atoms with Crippen LogP contribution in [0.15, 0.2) is 77.3 Å². The van der Waals surface area contributed by atoms with Gasteiger partial charge in [0.05, 0.1) is 5.71 Å². The van der Waals surface area contributed by atoms with Gasteiger partial charge in [-0.3, -0.25) is 25.4 Å². The third-order valence-electron chi connectivity index (χ3n) is 6.01. The quantitative estimate of drug-likeness (QED) is 0.0890. The van der Waals surface area contributed by atoms with E-state index < -0.39 is 0 Å². The van der Waals surface area contributed by atoms with E-state index in [9.17, 15) is 9.59 Å². The second kappa shape index (κ2) is 16.1. The van der Waals surface area contributed by atoms with E-state index in [0.717, 1.165) is 29.0 Å². The van der Waals surface area contributed by atoms with E-state index in [1.165, 1.54) is 31.1 Å². The summed E-state index contributed by atoms with van der Waals surface area (Å²) in [5, 5.41) is 14.4. The van der Waals surface area contributed by atoms with E-state index in [1.807, 2.05) is 35.8 Å². The topological polar surface area (TPSA) is 159 Å². The number of nitrogen functional groups attached to an aromatic ring is 1. The fourth-order valence-electron chi connectivity index (χ4n) is 3.98. The van der Waals surface area contributed by atoms with Gasteiger partial charge in [0.1, 0.15) is 12.4 Å². The Bertz CT molecular complexity index is 1620. The molecule has 0 fully saturated rings. The zero-order valence-corrected chi connectivity index (χ0v) is 26.2. The van der Waals surface area contributed by atoms with Crippen LogP contribution in [0.1, 0.15) is 60.1 Å². The largest absolute Gasteiger partial charge is 0.485 e. The molecular formula is C29H30Cl2N8O4S. The average molecular weight is 658 g/mol. The van der Waals surface area contributed by atoms with E-state index in [4.69, 9.17) is 38.6 Å². The number of para-hydroxylation sites is 1. The van der Waals surface area contributed by atoms with Gasteiger partial charge in [-0.1, -0.05) is 65.2 Å².